The second kappa shape index (κ2) is 11.0. The first kappa shape index (κ1) is 26.6. The number of nitrogens with one attached hydrogen (secondary N) is 2. The van der Waals surface area contributed by atoms with Crippen LogP contribution in [0.3, 0.4) is 0 Å². The number of amides is 2. The minimum atomic E-state index is -3.68. The Kier molecular flexibility index (Phi) is 7.50. The predicted octanol–water partition coefficient (Wildman–Crippen LogP) is 3.87. The van der Waals surface area contributed by atoms with Gasteiger partial charge < -0.3 is 20.3 Å². The van der Waals surface area contributed by atoms with E-state index in [0.29, 0.717) is 61.2 Å². The van der Waals surface area contributed by atoms with Crippen LogP contribution in [-0.2, 0) is 19.3 Å². The normalized spacial score (nSPS) is 18.2. The molecule has 0 unspecified atom stereocenters. The fourth-order valence-corrected chi connectivity index (χ4v) is 6.71. The molecule has 5 rings (SSSR count). The van der Waals surface area contributed by atoms with Gasteiger partial charge in [-0.3, -0.25) is 0 Å². The maximum atomic E-state index is 13.8. The van der Waals surface area contributed by atoms with Crippen molar-refractivity contribution in [3.05, 3.63) is 66.4 Å². The van der Waals surface area contributed by atoms with E-state index >= 15 is 0 Å². The van der Waals surface area contributed by atoms with Gasteiger partial charge in [0.1, 0.15) is 10.6 Å². The molecule has 1 aliphatic heterocycles. The Morgan fingerprint density at radius 2 is 1.90 bits per heavy atom. The molecule has 1 saturated heterocycles. The molecule has 1 saturated carbocycles. The van der Waals surface area contributed by atoms with E-state index in [1.165, 1.54) is 0 Å². The highest BCUT2D eigenvalue weighted by Gasteiger charge is 2.58. The fraction of sp³-hybridized carbons (Fsp3) is 0.357. The quantitative estimate of drug-likeness (QED) is 0.406. The topological polar surface area (TPSA) is 137 Å². The average molecular weight is 547 g/mol. The van der Waals surface area contributed by atoms with Crippen LogP contribution >= 0.6 is 0 Å². The number of rotatable bonds is 8. The van der Waals surface area contributed by atoms with E-state index < -0.39 is 20.6 Å². The van der Waals surface area contributed by atoms with Gasteiger partial charge in [-0.25, -0.2) is 23.2 Å². The summed E-state index contributed by atoms with van der Waals surface area (Å²) in [5.41, 5.74) is 1.75. The summed E-state index contributed by atoms with van der Waals surface area (Å²) in [6.07, 6.45) is 1.21. The summed E-state index contributed by atoms with van der Waals surface area (Å²) in [6.45, 7) is 4.06. The molecule has 2 fully saturated rings. The molecule has 10 nitrogen and oxygen atoms in total. The molecule has 1 aliphatic carbocycles. The standard InChI is InChI=1S/C28H30N6O4S/c1-20-19-38-17-16-34(20)25-18-24(28(12-13-28)39(36,37)23-6-3-2-4-7-23)32-26(33-25)21-8-10-22(11-9-21)31-27(35)30-15-5-14-29/h2-4,6-11,18,20H,5,12-13,15-17,19H2,1H3,(H2,30,31,35)/t20-/m0/s1. The number of benzene rings is 2. The molecular formula is C28H30N6O4S. The zero-order valence-corrected chi connectivity index (χ0v) is 22.4. The van der Waals surface area contributed by atoms with Gasteiger partial charge in [0.25, 0.3) is 0 Å². The predicted molar refractivity (Wildman–Crippen MR) is 147 cm³/mol. The third kappa shape index (κ3) is 5.44. The molecule has 2 amide bonds. The van der Waals surface area contributed by atoms with Crippen molar-refractivity contribution in [3.63, 3.8) is 0 Å². The summed E-state index contributed by atoms with van der Waals surface area (Å²) >= 11 is 0. The van der Waals surface area contributed by atoms with Crippen LogP contribution in [0.1, 0.15) is 31.9 Å². The highest BCUT2D eigenvalue weighted by molar-refractivity contribution is 7.92. The maximum Gasteiger partial charge on any atom is 0.319 e. The monoisotopic (exact) mass is 546 g/mol. The number of anilines is 2. The van der Waals surface area contributed by atoms with Crippen molar-refractivity contribution in [2.24, 2.45) is 0 Å². The lowest BCUT2D eigenvalue weighted by molar-refractivity contribution is 0.0985. The maximum absolute atomic E-state index is 13.8. The van der Waals surface area contributed by atoms with Crippen LogP contribution in [0, 0.1) is 11.3 Å². The second-order valence-corrected chi connectivity index (χ2v) is 12.0. The average Bonchev–Trinajstić information content (AvgIpc) is 3.77. The molecule has 0 radical (unpaired) electrons. The van der Waals surface area contributed by atoms with Gasteiger partial charge >= 0.3 is 6.03 Å². The van der Waals surface area contributed by atoms with Crippen LogP contribution in [-0.4, -0.2) is 56.8 Å². The number of sulfone groups is 1. The van der Waals surface area contributed by atoms with E-state index in [1.807, 2.05) is 12.1 Å². The molecule has 1 atom stereocenters. The number of carbonyl (C=O) groups is 1. The Hall–Kier alpha value is -4.01. The van der Waals surface area contributed by atoms with E-state index in [-0.39, 0.29) is 23.9 Å². The highest BCUT2D eigenvalue weighted by Crippen LogP contribution is 2.55. The Bertz CT molecular complexity index is 1480. The molecule has 3 aromatic rings. The number of aromatic nitrogens is 2. The Morgan fingerprint density at radius 1 is 1.15 bits per heavy atom. The van der Waals surface area contributed by atoms with E-state index in [2.05, 4.69) is 22.5 Å². The lowest BCUT2D eigenvalue weighted by Crippen LogP contribution is -2.44. The van der Waals surface area contributed by atoms with Gasteiger partial charge in [-0.1, -0.05) is 18.2 Å². The molecule has 2 aromatic carbocycles. The smallest absolute Gasteiger partial charge is 0.319 e. The number of morpholine rings is 1. The minimum absolute atomic E-state index is 0.0707. The van der Waals surface area contributed by atoms with Crippen molar-refractivity contribution in [1.29, 1.82) is 5.26 Å². The van der Waals surface area contributed by atoms with E-state index in [0.717, 1.165) is 0 Å². The van der Waals surface area contributed by atoms with Crippen LogP contribution in [0.15, 0.2) is 65.6 Å². The fourth-order valence-electron chi connectivity index (χ4n) is 4.72. The van der Waals surface area contributed by atoms with Crippen LogP contribution in [0.25, 0.3) is 11.4 Å². The lowest BCUT2D eigenvalue weighted by atomic mass is 10.1. The second-order valence-electron chi connectivity index (χ2n) is 9.73. The van der Waals surface area contributed by atoms with Gasteiger partial charge in [-0.15, -0.1) is 0 Å². The first-order valence-corrected chi connectivity index (χ1v) is 14.4. The van der Waals surface area contributed by atoms with Crippen molar-refractivity contribution in [3.8, 4) is 17.5 Å². The first-order valence-electron chi connectivity index (χ1n) is 12.9. The molecule has 2 heterocycles. The van der Waals surface area contributed by atoms with Crippen molar-refractivity contribution in [2.75, 3.05) is 36.5 Å². The summed E-state index contributed by atoms with van der Waals surface area (Å²) in [5.74, 6) is 1.08. The zero-order chi connectivity index (χ0) is 27.5. The summed E-state index contributed by atoms with van der Waals surface area (Å²) in [5, 5.41) is 14.0. The van der Waals surface area contributed by atoms with Gasteiger partial charge in [-0.05, 0) is 56.2 Å². The lowest BCUT2D eigenvalue weighted by Gasteiger charge is -2.34. The largest absolute Gasteiger partial charge is 0.377 e. The molecule has 0 bridgehead atoms. The Balaban J connectivity index is 1.50. The summed E-state index contributed by atoms with van der Waals surface area (Å²) in [7, 11) is -3.68. The molecule has 2 N–H and O–H groups in total. The van der Waals surface area contributed by atoms with Crippen LogP contribution in [0.2, 0.25) is 0 Å². The van der Waals surface area contributed by atoms with Crippen LogP contribution in [0.5, 0.6) is 0 Å². The molecule has 202 valence electrons. The summed E-state index contributed by atoms with van der Waals surface area (Å²) < 4.78 is 32.1. The molecular weight excluding hydrogens is 516 g/mol. The molecule has 11 heteroatoms. The van der Waals surface area contributed by atoms with Gasteiger partial charge in [0.2, 0.25) is 0 Å². The molecule has 1 aromatic heterocycles. The SMILES string of the molecule is C[C@H]1COCCN1c1cc(C2(S(=O)(=O)c3ccccc3)CC2)nc(-c2ccc(NC(=O)NCCC#N)cc2)n1. The number of nitrogens with zero attached hydrogens (tertiary/aromatic N) is 4. The number of nitriles is 1. The van der Waals surface area contributed by atoms with Crippen LogP contribution in [0.4, 0.5) is 16.3 Å². The summed E-state index contributed by atoms with van der Waals surface area (Å²) in [4.78, 5) is 24.1. The van der Waals surface area contributed by atoms with E-state index in [9.17, 15) is 13.2 Å². The Labute approximate surface area is 228 Å². The number of carbonyl (C=O) groups excluding carboxylic acids is 1. The van der Waals surface area contributed by atoms with Gasteiger partial charge in [0.15, 0.2) is 15.7 Å². The molecule has 2 aliphatic rings. The number of hydrogen-bond acceptors (Lipinski definition) is 8. The third-order valence-corrected chi connectivity index (χ3v) is 9.58. The molecule has 0 spiro atoms. The number of urea groups is 1. The van der Waals surface area contributed by atoms with E-state index in [4.69, 9.17) is 20.0 Å². The highest BCUT2D eigenvalue weighted by atomic mass is 32.2. The van der Waals surface area contributed by atoms with E-state index in [1.54, 1.807) is 54.6 Å². The van der Waals surface area contributed by atoms with Gasteiger partial charge in [0, 0.05) is 30.4 Å². The van der Waals surface area contributed by atoms with Crippen molar-refractivity contribution in [2.45, 2.75) is 41.9 Å². The first-order chi connectivity index (χ1) is 18.8. The van der Waals surface area contributed by atoms with Gasteiger partial charge in [0.05, 0.1) is 42.3 Å². The van der Waals surface area contributed by atoms with Crippen molar-refractivity contribution >= 4 is 27.4 Å². The third-order valence-electron chi connectivity index (χ3n) is 7.04. The van der Waals surface area contributed by atoms with Crippen LogP contribution < -0.4 is 15.5 Å². The molecule has 39 heavy (non-hydrogen) atoms. The van der Waals surface area contributed by atoms with Gasteiger partial charge in [-0.2, -0.15) is 5.26 Å². The number of hydrogen-bond donors (Lipinski definition) is 2. The Morgan fingerprint density at radius 3 is 2.56 bits per heavy atom. The number of ether oxygens (including phenoxy) is 1. The van der Waals surface area contributed by atoms with Crippen molar-refractivity contribution < 1.29 is 17.9 Å². The van der Waals surface area contributed by atoms with Crippen molar-refractivity contribution in [1.82, 2.24) is 15.3 Å². The zero-order valence-electron chi connectivity index (χ0n) is 21.6. The minimum Gasteiger partial charge on any atom is -0.377 e. The summed E-state index contributed by atoms with van der Waals surface area (Å²) in [6, 6.07) is 19.0.